The SMILES string of the molecule is Nc1ccn([C@H]2C[C@H](O)C(CO[P+](=O)O)O2)c(=O)n1.O=P(O)(O)O.O=c1ccn([C@@H]2O[C@H](COP(=O)(O)O[P+](=O)O)[C@H](O)[C@H]2O)c(=O)[nH]1. The third-order valence-electron chi connectivity index (χ3n) is 5.75. The van der Waals surface area contributed by atoms with E-state index in [1.165, 1.54) is 16.8 Å². The summed E-state index contributed by atoms with van der Waals surface area (Å²) in [5, 5.41) is 29.5. The van der Waals surface area contributed by atoms with Crippen molar-refractivity contribution in [1.29, 1.82) is 0 Å². The lowest BCUT2D eigenvalue weighted by atomic mass is 10.1. The van der Waals surface area contributed by atoms with E-state index < -0.39 is 98.7 Å². The van der Waals surface area contributed by atoms with Crippen LogP contribution in [0.3, 0.4) is 0 Å². The maximum absolute atomic E-state index is 11.7. The lowest BCUT2D eigenvalue weighted by Crippen LogP contribution is -2.37. The summed E-state index contributed by atoms with van der Waals surface area (Å²) in [6, 6.07) is 2.42. The number of nitrogens with two attached hydrogens (primary N) is 1. The van der Waals surface area contributed by atoms with Crippen molar-refractivity contribution in [2.45, 2.75) is 49.4 Å². The Hall–Kier alpha value is -2.54. The molecule has 2 aromatic rings. The zero-order chi connectivity index (χ0) is 36.6. The van der Waals surface area contributed by atoms with Gasteiger partial charge < -0.3 is 45.2 Å². The monoisotopic (exact) mass is 775 g/mol. The van der Waals surface area contributed by atoms with Crippen molar-refractivity contribution in [2.24, 2.45) is 0 Å². The van der Waals surface area contributed by atoms with Gasteiger partial charge in [0.2, 0.25) is 0 Å². The van der Waals surface area contributed by atoms with Crippen molar-refractivity contribution < 1.29 is 85.8 Å². The number of aliphatic hydroxyl groups excluding tert-OH is 3. The molecule has 270 valence electrons. The van der Waals surface area contributed by atoms with Gasteiger partial charge in [0, 0.05) is 34.0 Å². The molecule has 2 saturated heterocycles. The molecule has 0 aromatic carbocycles. The third-order valence-corrected chi connectivity index (χ3v) is 7.98. The maximum Gasteiger partial charge on any atom is 0.705 e. The average Bonchev–Trinajstić information content (AvgIpc) is 3.43. The van der Waals surface area contributed by atoms with Gasteiger partial charge in [-0.3, -0.25) is 28.3 Å². The molecule has 0 spiro atoms. The van der Waals surface area contributed by atoms with Gasteiger partial charge in [-0.15, -0.1) is 14.3 Å². The summed E-state index contributed by atoms with van der Waals surface area (Å²) in [4.78, 5) is 87.4. The molecule has 48 heavy (non-hydrogen) atoms. The van der Waals surface area contributed by atoms with Gasteiger partial charge >= 0.3 is 43.5 Å². The smallest absolute Gasteiger partial charge is 0.390 e. The Balaban J connectivity index is 0.000000298. The van der Waals surface area contributed by atoms with E-state index >= 15 is 0 Å². The fourth-order valence-electron chi connectivity index (χ4n) is 3.82. The molecular formula is C18H29N5O21P4+2. The van der Waals surface area contributed by atoms with Crippen molar-refractivity contribution in [1.82, 2.24) is 19.1 Å². The van der Waals surface area contributed by atoms with Crippen LogP contribution in [0.15, 0.2) is 38.9 Å². The number of rotatable bonds is 10. The minimum atomic E-state index is -4.88. The Morgan fingerprint density at radius 1 is 0.938 bits per heavy atom. The Bertz CT molecular complexity index is 1690. The molecule has 2 aromatic heterocycles. The summed E-state index contributed by atoms with van der Waals surface area (Å²) in [7, 11) is -15.7. The number of hydrogen-bond donors (Lipinski definition) is 11. The van der Waals surface area contributed by atoms with Crippen molar-refractivity contribution in [3.8, 4) is 0 Å². The number of ether oxygens (including phenoxy) is 2. The van der Waals surface area contributed by atoms with Gasteiger partial charge in [-0.25, -0.2) is 18.7 Å². The Kier molecular flexibility index (Phi) is 15.5. The number of nitrogens with zero attached hydrogens (tertiary/aromatic N) is 3. The Morgan fingerprint density at radius 2 is 1.54 bits per heavy atom. The third kappa shape index (κ3) is 13.8. The second-order valence-corrected chi connectivity index (χ2v) is 13.3. The number of nitrogen functional groups attached to an aromatic ring is 1. The van der Waals surface area contributed by atoms with Gasteiger partial charge in [-0.1, -0.05) is 0 Å². The first-order valence-electron chi connectivity index (χ1n) is 12.5. The number of hydrogen-bond acceptors (Lipinski definition) is 17. The van der Waals surface area contributed by atoms with Gasteiger partial charge in [0.25, 0.3) is 5.56 Å². The first-order valence-corrected chi connectivity index (χ1v) is 17.8. The fraction of sp³-hybridized carbons (Fsp3) is 0.556. The van der Waals surface area contributed by atoms with E-state index in [9.17, 15) is 43.4 Å². The minimum absolute atomic E-state index is 0.0944. The summed E-state index contributed by atoms with van der Waals surface area (Å²) in [5.41, 5.74) is 3.19. The molecule has 12 N–H and O–H groups in total. The quantitative estimate of drug-likeness (QED) is 0.103. The van der Waals surface area contributed by atoms with Crippen LogP contribution in [-0.4, -0.2) is 108 Å². The number of aliphatic hydroxyl groups is 3. The van der Waals surface area contributed by atoms with Crippen LogP contribution in [0.25, 0.3) is 0 Å². The molecule has 2 aliphatic heterocycles. The van der Waals surface area contributed by atoms with Gasteiger partial charge in [0.1, 0.15) is 43.1 Å². The molecule has 26 nitrogen and oxygen atoms in total. The second-order valence-electron chi connectivity index (χ2n) is 9.17. The molecule has 2 aliphatic rings. The summed E-state index contributed by atoms with van der Waals surface area (Å²) in [5.74, 6) is 0.0944. The number of aromatic nitrogens is 4. The summed E-state index contributed by atoms with van der Waals surface area (Å²) in [6.07, 6.45) is -5.77. The van der Waals surface area contributed by atoms with Crippen LogP contribution in [0.5, 0.6) is 0 Å². The molecule has 0 bridgehead atoms. The summed E-state index contributed by atoms with van der Waals surface area (Å²) >= 11 is 0. The van der Waals surface area contributed by atoms with E-state index in [1.807, 2.05) is 4.98 Å². The molecule has 4 unspecified atom stereocenters. The number of phosphoric acid groups is 2. The Labute approximate surface area is 267 Å². The van der Waals surface area contributed by atoms with Crippen LogP contribution < -0.4 is 22.7 Å². The first-order chi connectivity index (χ1) is 22.1. The highest BCUT2D eigenvalue weighted by Gasteiger charge is 2.46. The van der Waals surface area contributed by atoms with Crippen molar-refractivity contribution in [3.63, 3.8) is 0 Å². The molecule has 0 aliphatic carbocycles. The van der Waals surface area contributed by atoms with Gasteiger partial charge in [0.15, 0.2) is 6.23 Å². The van der Waals surface area contributed by atoms with Crippen LogP contribution in [0.2, 0.25) is 0 Å². The molecule has 0 amide bonds. The van der Waals surface area contributed by atoms with E-state index in [-0.39, 0.29) is 18.8 Å². The average molecular weight is 775 g/mol. The highest BCUT2D eigenvalue weighted by atomic mass is 31.2. The van der Waals surface area contributed by atoms with Crippen LogP contribution in [0.4, 0.5) is 5.82 Å². The lowest BCUT2D eigenvalue weighted by Gasteiger charge is -2.16. The van der Waals surface area contributed by atoms with Crippen LogP contribution in [0, 0.1) is 0 Å². The number of nitrogens with one attached hydrogen (secondary N) is 1. The minimum Gasteiger partial charge on any atom is -0.390 e. The fourth-order valence-corrected chi connectivity index (χ4v) is 5.33. The molecule has 0 radical (unpaired) electrons. The number of anilines is 1. The molecular weight excluding hydrogens is 746 g/mol. The van der Waals surface area contributed by atoms with E-state index in [0.717, 1.165) is 16.8 Å². The van der Waals surface area contributed by atoms with Crippen LogP contribution >= 0.6 is 32.2 Å². The molecule has 2 fully saturated rings. The van der Waals surface area contributed by atoms with Gasteiger partial charge in [-0.2, -0.15) is 4.98 Å². The molecule has 10 atom stereocenters. The van der Waals surface area contributed by atoms with E-state index in [1.54, 1.807) is 0 Å². The Morgan fingerprint density at radius 3 is 2.08 bits per heavy atom. The molecule has 4 rings (SSSR count). The van der Waals surface area contributed by atoms with Crippen LogP contribution in [0.1, 0.15) is 18.9 Å². The first kappa shape index (κ1) is 41.6. The van der Waals surface area contributed by atoms with Crippen molar-refractivity contribution in [2.75, 3.05) is 18.9 Å². The maximum atomic E-state index is 11.7. The van der Waals surface area contributed by atoms with Gasteiger partial charge in [-0.05, 0) is 10.4 Å². The highest BCUT2D eigenvalue weighted by Crippen LogP contribution is 2.51. The van der Waals surface area contributed by atoms with Crippen molar-refractivity contribution >= 4 is 38.0 Å². The molecule has 0 saturated carbocycles. The van der Waals surface area contributed by atoms with Crippen molar-refractivity contribution in [3.05, 3.63) is 55.8 Å². The zero-order valence-corrected chi connectivity index (χ0v) is 27.2. The number of aromatic amines is 1. The molecule has 30 heteroatoms. The molecule has 4 heterocycles. The summed E-state index contributed by atoms with van der Waals surface area (Å²) < 4.78 is 66.1. The van der Waals surface area contributed by atoms with E-state index in [4.69, 9.17) is 49.1 Å². The van der Waals surface area contributed by atoms with E-state index in [0.29, 0.717) is 0 Å². The standard InChI is InChI=1S/C9H12N3O6P.C9H12N2O11P2.H3O4P/c10-7-1-2-12(9(14)11-7)8-3-5(13)6(18-8)4-17-19(15)16;12-5-1-2-11(9(15)10-5)8-7(14)6(13)4(21-8)3-20-24(18,19)22-23(16)17;1-5(2,3)4/h1-2,5-6,8,13H,3-4H2,(H2-,10,11,14,15,16);1-2,4,6-8,13-14H,3H2,(H2-,10,12,15,16,17,18,19);(H3,1,2,3,4)/p+2/t5-,6?,8+;4-,6+,7-,8-;/m01./s1. The zero-order valence-electron chi connectivity index (χ0n) is 23.6. The van der Waals surface area contributed by atoms with Crippen LogP contribution in [-0.2, 0) is 41.1 Å². The lowest BCUT2D eigenvalue weighted by molar-refractivity contribution is -0.0540. The van der Waals surface area contributed by atoms with E-state index in [2.05, 4.69) is 18.3 Å². The number of H-pyrrole nitrogens is 1. The second kappa shape index (κ2) is 17.9. The summed E-state index contributed by atoms with van der Waals surface area (Å²) in [6.45, 7) is -1.02. The predicted octanol–water partition coefficient (Wildman–Crippen LogP) is -3.85. The largest absolute Gasteiger partial charge is 0.705 e. The predicted molar refractivity (Wildman–Crippen MR) is 151 cm³/mol. The van der Waals surface area contributed by atoms with Gasteiger partial charge in [0.05, 0.1) is 12.7 Å². The topological polar surface area (TPSA) is 412 Å². The normalized spacial score (nSPS) is 27.1. The number of phosphoric ester groups is 1. The highest BCUT2D eigenvalue weighted by molar-refractivity contribution is 7.55.